The van der Waals surface area contributed by atoms with Crippen LogP contribution in [0.3, 0.4) is 0 Å². The molecule has 0 N–H and O–H groups in total. The summed E-state index contributed by atoms with van der Waals surface area (Å²) in [5.41, 5.74) is 12.9. The first kappa shape index (κ1) is 38.8. The molecular formula is C54H39BN6OPt. The summed E-state index contributed by atoms with van der Waals surface area (Å²) in [6.07, 6.45) is 5.86. The van der Waals surface area contributed by atoms with Crippen molar-refractivity contribution in [2.24, 2.45) is 0 Å². The summed E-state index contributed by atoms with van der Waals surface area (Å²) < 4.78 is 11.1. The number of nitrogens with zero attached hydrogens (tertiary/aromatic N) is 6. The van der Waals surface area contributed by atoms with E-state index in [1.807, 2.05) is 24.5 Å². The minimum atomic E-state index is -0.284. The Balaban J connectivity index is 0.00000444. The third kappa shape index (κ3) is 6.23. The van der Waals surface area contributed by atoms with Gasteiger partial charge in [0, 0.05) is 63.9 Å². The third-order valence-corrected chi connectivity index (χ3v) is 12.2. The van der Waals surface area contributed by atoms with E-state index in [0.717, 1.165) is 84.0 Å². The van der Waals surface area contributed by atoms with Gasteiger partial charge in [-0.3, -0.25) is 4.98 Å². The number of fused-ring (bicyclic) bond motifs is 11. The van der Waals surface area contributed by atoms with Gasteiger partial charge in [0.05, 0.1) is 5.69 Å². The van der Waals surface area contributed by atoms with Gasteiger partial charge >= 0.3 is 28.2 Å². The van der Waals surface area contributed by atoms with Crippen molar-refractivity contribution in [3.8, 4) is 51.0 Å². The second-order valence-corrected chi connectivity index (χ2v) is 16.9. The van der Waals surface area contributed by atoms with Gasteiger partial charge in [0.1, 0.15) is 5.82 Å². The summed E-state index contributed by atoms with van der Waals surface area (Å²) in [6.45, 7) is 6.68. The van der Waals surface area contributed by atoms with Crippen molar-refractivity contribution in [2.75, 3.05) is 9.62 Å². The maximum Gasteiger partial charge on any atom is 2.00 e. The summed E-state index contributed by atoms with van der Waals surface area (Å²) in [5.74, 6) is 2.83. The Hall–Kier alpha value is -7.15. The second-order valence-electron chi connectivity index (χ2n) is 16.9. The van der Waals surface area contributed by atoms with Crippen molar-refractivity contribution >= 4 is 51.7 Å². The summed E-state index contributed by atoms with van der Waals surface area (Å²) >= 11 is 0. The molecule has 2 aliphatic heterocycles. The molecule has 0 unspecified atom stereocenters. The minimum absolute atomic E-state index is 0. The third-order valence-electron chi connectivity index (χ3n) is 12.2. The van der Waals surface area contributed by atoms with Gasteiger partial charge in [-0.25, -0.2) is 4.98 Å². The fourth-order valence-corrected chi connectivity index (χ4v) is 9.37. The average Bonchev–Trinajstić information content (AvgIpc) is 4.02. The van der Waals surface area contributed by atoms with Crippen LogP contribution in [0.4, 0.5) is 22.7 Å². The molecule has 63 heavy (non-hydrogen) atoms. The van der Waals surface area contributed by atoms with Crippen molar-refractivity contribution in [3.05, 3.63) is 200 Å². The van der Waals surface area contributed by atoms with Crippen LogP contribution in [0.15, 0.2) is 182 Å². The van der Waals surface area contributed by atoms with Crippen LogP contribution in [0.2, 0.25) is 0 Å². The predicted molar refractivity (Wildman–Crippen MR) is 252 cm³/mol. The Morgan fingerprint density at radius 2 is 1.22 bits per heavy atom. The molecule has 0 radical (unpaired) electrons. The van der Waals surface area contributed by atoms with Crippen molar-refractivity contribution in [2.45, 2.75) is 26.2 Å². The van der Waals surface area contributed by atoms with E-state index < -0.39 is 0 Å². The first-order chi connectivity index (χ1) is 30.4. The topological polar surface area (TPSA) is 51.4 Å². The van der Waals surface area contributed by atoms with Crippen LogP contribution >= 0.6 is 0 Å². The SMILES string of the molecule is CC(C)(C)c1ccnc(-n2c3[c-]c(Oc4[c-]c5c(cc4)N4B(N(c6c(-c7ccccc7)cccc6-c6ccccc6)c6ccccc64)n4ccnc4-5)ccc3c3ccccc32)c1.[Pt+2]. The van der Waals surface area contributed by atoms with E-state index in [-0.39, 0.29) is 33.6 Å². The van der Waals surface area contributed by atoms with Gasteiger partial charge in [0.2, 0.25) is 0 Å². The first-order valence-electron chi connectivity index (χ1n) is 21.0. The number of hydrogen-bond acceptors (Lipinski definition) is 5. The smallest absolute Gasteiger partial charge is 0.503 e. The zero-order valence-electron chi connectivity index (χ0n) is 34.8. The molecule has 10 aromatic rings. The number of ether oxygens (including phenoxy) is 1. The van der Waals surface area contributed by atoms with Crippen LogP contribution in [0.1, 0.15) is 26.3 Å². The van der Waals surface area contributed by atoms with Crippen LogP contribution in [-0.2, 0) is 26.5 Å². The number of hydrogen-bond donors (Lipinski definition) is 0. The van der Waals surface area contributed by atoms with Crippen LogP contribution in [0, 0.1) is 12.1 Å². The largest absolute Gasteiger partial charge is 2.00 e. The number of imidazole rings is 1. The second kappa shape index (κ2) is 15.0. The molecule has 5 heterocycles. The van der Waals surface area contributed by atoms with E-state index in [9.17, 15) is 0 Å². The van der Waals surface area contributed by atoms with Gasteiger partial charge < -0.3 is 23.4 Å². The van der Waals surface area contributed by atoms with Gasteiger partial charge in [-0.15, -0.1) is 23.6 Å². The van der Waals surface area contributed by atoms with Gasteiger partial charge in [0.15, 0.2) is 0 Å². The molecule has 7 nitrogen and oxygen atoms in total. The van der Waals surface area contributed by atoms with E-state index in [1.165, 1.54) is 5.56 Å². The van der Waals surface area contributed by atoms with E-state index >= 15 is 0 Å². The van der Waals surface area contributed by atoms with Crippen LogP contribution in [0.25, 0.3) is 61.3 Å². The zero-order chi connectivity index (χ0) is 41.5. The Kier molecular flexibility index (Phi) is 9.25. The van der Waals surface area contributed by atoms with Crippen molar-refractivity contribution in [1.29, 1.82) is 0 Å². The predicted octanol–water partition coefficient (Wildman–Crippen LogP) is 13.2. The molecule has 9 heteroatoms. The number of benzene rings is 7. The van der Waals surface area contributed by atoms with Crippen molar-refractivity contribution < 1.29 is 25.8 Å². The fraction of sp³-hybridized carbons (Fsp3) is 0.0741. The molecule has 0 bridgehead atoms. The van der Waals surface area contributed by atoms with E-state index in [1.54, 1.807) is 0 Å². The normalized spacial score (nSPS) is 12.8. The molecule has 12 rings (SSSR count). The molecule has 0 aliphatic carbocycles. The Morgan fingerprint density at radius 3 is 1.95 bits per heavy atom. The molecule has 0 amide bonds. The van der Waals surface area contributed by atoms with E-state index in [2.05, 4.69) is 209 Å². The van der Waals surface area contributed by atoms with Crippen molar-refractivity contribution in [3.63, 3.8) is 0 Å². The molecule has 0 fully saturated rings. The summed E-state index contributed by atoms with van der Waals surface area (Å²) in [5, 5.41) is 2.22. The number of para-hydroxylation sites is 4. The van der Waals surface area contributed by atoms with Crippen LogP contribution in [0.5, 0.6) is 11.5 Å². The Morgan fingerprint density at radius 1 is 0.571 bits per heavy atom. The monoisotopic (exact) mass is 993 g/mol. The number of rotatable bonds is 6. The summed E-state index contributed by atoms with van der Waals surface area (Å²) in [7, 11) is -0.284. The molecule has 0 saturated heterocycles. The summed E-state index contributed by atoms with van der Waals surface area (Å²) in [4.78, 5) is 14.7. The first-order valence-corrected chi connectivity index (χ1v) is 21.0. The van der Waals surface area contributed by atoms with Crippen LogP contribution < -0.4 is 14.4 Å². The summed E-state index contributed by atoms with van der Waals surface area (Å²) in [6, 6.07) is 65.0. The van der Waals surface area contributed by atoms with E-state index in [0.29, 0.717) is 11.5 Å². The quantitative estimate of drug-likeness (QED) is 0.123. The molecule has 7 aromatic carbocycles. The van der Waals surface area contributed by atoms with E-state index in [4.69, 9.17) is 14.7 Å². The number of aromatic nitrogens is 4. The Labute approximate surface area is 381 Å². The maximum absolute atomic E-state index is 6.70. The average molecular weight is 994 g/mol. The molecule has 0 atom stereocenters. The number of anilines is 4. The molecule has 304 valence electrons. The zero-order valence-corrected chi connectivity index (χ0v) is 37.1. The van der Waals surface area contributed by atoms with Gasteiger partial charge in [-0.05, 0) is 63.5 Å². The standard InChI is InChI=1S/C54H39BN6O.Pt/c1-54(2,3)38-29-30-56-51(33-38)59-46-22-11-10-19-43(46)44-27-25-40(35-50(44)59)62-39-26-28-47-45(34-39)53-57-31-32-58(53)55-60(47)48-23-12-13-24-49(48)61(55)52-41(36-15-6-4-7-16-36)20-14-21-42(52)37-17-8-5-9-18-37;/h4-33H,1-3H3;/q-2;+2. The molecule has 2 aliphatic rings. The number of pyridine rings is 1. The van der Waals surface area contributed by atoms with Gasteiger partial charge in [-0.1, -0.05) is 153 Å². The van der Waals surface area contributed by atoms with Crippen molar-refractivity contribution in [1.82, 2.24) is 19.0 Å². The fourth-order valence-electron chi connectivity index (χ4n) is 9.37. The maximum atomic E-state index is 6.70. The van der Waals surface area contributed by atoms with Gasteiger partial charge in [-0.2, -0.15) is 6.07 Å². The Bertz CT molecular complexity index is 3300. The van der Waals surface area contributed by atoms with Gasteiger partial charge in [0.25, 0.3) is 0 Å². The molecule has 0 saturated carbocycles. The molecular weight excluding hydrogens is 955 g/mol. The molecule has 3 aromatic heterocycles. The minimum Gasteiger partial charge on any atom is -0.503 e. The van der Waals surface area contributed by atoms with Crippen LogP contribution in [-0.4, -0.2) is 26.1 Å². The molecule has 0 spiro atoms.